The number of nitrogens with zero attached hydrogens (tertiary/aromatic N) is 1. The molecule has 1 amide bonds. The zero-order valence-electron chi connectivity index (χ0n) is 11.0. The predicted molar refractivity (Wildman–Crippen MR) is 71.5 cm³/mol. The minimum Gasteiger partial charge on any atom is -0.480 e. The monoisotopic (exact) mass is 298 g/mol. The molecule has 0 unspecified atom stereocenters. The second-order valence-electron chi connectivity index (χ2n) is 3.77. The van der Waals surface area contributed by atoms with E-state index in [1.54, 1.807) is 6.07 Å². The van der Waals surface area contributed by atoms with Gasteiger partial charge < -0.3 is 15.2 Å². The molecule has 1 heterocycles. The lowest BCUT2D eigenvalue weighted by atomic mass is 10.3. The first kappa shape index (κ1) is 16.0. The number of ether oxygens (including phenoxy) is 1. The van der Waals surface area contributed by atoms with Crippen molar-refractivity contribution in [2.24, 2.45) is 0 Å². The fourth-order valence-electron chi connectivity index (χ4n) is 1.32. The van der Waals surface area contributed by atoms with Crippen LogP contribution in [0, 0.1) is 0 Å². The maximum absolute atomic E-state index is 11.3. The Morgan fingerprint density at radius 3 is 2.75 bits per heavy atom. The molecule has 0 aromatic carbocycles. The number of methoxy groups -OCH3 is 1. The highest BCUT2D eigenvalue weighted by atomic mass is 32.2. The summed E-state index contributed by atoms with van der Waals surface area (Å²) in [7, 11) is 1.25. The number of carbonyl (C=O) groups excluding carboxylic acids is 2. The summed E-state index contributed by atoms with van der Waals surface area (Å²) in [5, 5.41) is 11.3. The number of aliphatic carboxylic acids is 1. The highest BCUT2D eigenvalue weighted by Gasteiger charge is 2.18. The average Bonchev–Trinajstić information content (AvgIpc) is 2.42. The number of thioether (sulfide) groups is 1. The summed E-state index contributed by atoms with van der Waals surface area (Å²) in [5.74, 6) is -1.96. The van der Waals surface area contributed by atoms with Crippen LogP contribution in [0.25, 0.3) is 0 Å². The van der Waals surface area contributed by atoms with Crippen molar-refractivity contribution >= 4 is 29.6 Å². The molecule has 20 heavy (non-hydrogen) atoms. The van der Waals surface area contributed by atoms with Crippen molar-refractivity contribution in [2.45, 2.75) is 17.9 Å². The zero-order chi connectivity index (χ0) is 15.1. The van der Waals surface area contributed by atoms with E-state index in [9.17, 15) is 14.4 Å². The molecule has 0 aliphatic heterocycles. The normalized spacial score (nSPS) is 11.5. The highest BCUT2D eigenvalue weighted by Crippen LogP contribution is 2.19. The van der Waals surface area contributed by atoms with E-state index in [4.69, 9.17) is 5.11 Å². The molecule has 0 aliphatic carbocycles. The van der Waals surface area contributed by atoms with E-state index in [1.165, 1.54) is 38.1 Å². The number of carboxylic acids is 1. The fourth-order valence-corrected chi connectivity index (χ4v) is 2.25. The lowest BCUT2D eigenvalue weighted by Gasteiger charge is -2.12. The van der Waals surface area contributed by atoms with Crippen molar-refractivity contribution in [1.29, 1.82) is 0 Å². The molecule has 1 aromatic rings. The Morgan fingerprint density at radius 2 is 2.20 bits per heavy atom. The summed E-state index contributed by atoms with van der Waals surface area (Å²) in [4.78, 5) is 37.7. The van der Waals surface area contributed by atoms with Crippen LogP contribution < -0.4 is 5.32 Å². The van der Waals surface area contributed by atoms with E-state index in [0.717, 1.165) is 0 Å². The third-order valence-electron chi connectivity index (χ3n) is 2.22. The number of hydrogen-bond donors (Lipinski definition) is 2. The van der Waals surface area contributed by atoms with Gasteiger partial charge in [-0.2, -0.15) is 0 Å². The van der Waals surface area contributed by atoms with Gasteiger partial charge >= 0.3 is 11.9 Å². The SMILES string of the molecule is COC(=O)c1cc(SC[C@H](NC(C)=O)C(=O)O)ccn1. The maximum atomic E-state index is 11.3. The number of carbonyl (C=O) groups is 3. The first-order valence-electron chi connectivity index (χ1n) is 5.61. The predicted octanol–water partition coefficient (Wildman–Crippen LogP) is 0.550. The number of pyridine rings is 1. The number of hydrogen-bond acceptors (Lipinski definition) is 6. The van der Waals surface area contributed by atoms with Gasteiger partial charge in [-0.05, 0) is 12.1 Å². The second-order valence-corrected chi connectivity index (χ2v) is 4.86. The molecular weight excluding hydrogens is 284 g/mol. The van der Waals surface area contributed by atoms with Gasteiger partial charge in [0.25, 0.3) is 0 Å². The Labute approximate surface area is 119 Å². The summed E-state index contributed by atoms with van der Waals surface area (Å²) in [5.41, 5.74) is 0.143. The Hall–Kier alpha value is -2.09. The van der Waals surface area contributed by atoms with Gasteiger partial charge in [0.05, 0.1) is 7.11 Å². The van der Waals surface area contributed by atoms with Crippen LogP contribution in [0.4, 0.5) is 0 Å². The summed E-state index contributed by atoms with van der Waals surface area (Å²) < 4.78 is 4.55. The molecule has 1 aromatic heterocycles. The number of rotatable bonds is 6. The quantitative estimate of drug-likeness (QED) is 0.583. The lowest BCUT2D eigenvalue weighted by Crippen LogP contribution is -2.41. The molecule has 7 nitrogen and oxygen atoms in total. The molecule has 0 saturated carbocycles. The van der Waals surface area contributed by atoms with Gasteiger partial charge in [0.2, 0.25) is 5.91 Å². The van der Waals surface area contributed by atoms with Crippen molar-refractivity contribution < 1.29 is 24.2 Å². The largest absolute Gasteiger partial charge is 0.480 e. The number of carboxylic acid groups (broad SMARTS) is 1. The van der Waals surface area contributed by atoms with E-state index in [2.05, 4.69) is 15.0 Å². The first-order valence-corrected chi connectivity index (χ1v) is 6.59. The van der Waals surface area contributed by atoms with Crippen LogP contribution in [0.3, 0.4) is 0 Å². The van der Waals surface area contributed by atoms with Crippen LogP contribution in [0.1, 0.15) is 17.4 Å². The minimum absolute atomic E-state index is 0.138. The molecule has 0 saturated heterocycles. The minimum atomic E-state index is -1.12. The lowest BCUT2D eigenvalue weighted by molar-refractivity contribution is -0.140. The number of amides is 1. The number of esters is 1. The van der Waals surface area contributed by atoms with Crippen LogP contribution in [-0.2, 0) is 14.3 Å². The van der Waals surface area contributed by atoms with Gasteiger partial charge in [-0.3, -0.25) is 4.79 Å². The molecular formula is C12H14N2O5S. The summed E-state index contributed by atoms with van der Waals surface area (Å²) in [6, 6.07) is 2.15. The molecule has 2 N–H and O–H groups in total. The fraction of sp³-hybridized carbons (Fsp3) is 0.333. The standard InChI is InChI=1S/C12H14N2O5S/c1-7(15)14-10(11(16)17)6-20-8-3-4-13-9(5-8)12(18)19-2/h3-5,10H,6H2,1-2H3,(H,14,15)(H,16,17)/t10-/m0/s1. The average molecular weight is 298 g/mol. The van der Waals surface area contributed by atoms with Crippen molar-refractivity contribution in [1.82, 2.24) is 10.3 Å². The van der Waals surface area contributed by atoms with Crippen molar-refractivity contribution in [3.05, 3.63) is 24.0 Å². The topological polar surface area (TPSA) is 106 Å². The van der Waals surface area contributed by atoms with Crippen LogP contribution in [0.2, 0.25) is 0 Å². The Morgan fingerprint density at radius 1 is 1.50 bits per heavy atom. The summed E-state index contributed by atoms with van der Waals surface area (Å²) >= 11 is 1.20. The van der Waals surface area contributed by atoms with Crippen LogP contribution in [0.5, 0.6) is 0 Å². The second kappa shape index (κ2) is 7.49. The van der Waals surface area contributed by atoms with Gasteiger partial charge in [0.1, 0.15) is 11.7 Å². The Kier molecular flexibility index (Phi) is 5.98. The van der Waals surface area contributed by atoms with Crippen molar-refractivity contribution in [3.63, 3.8) is 0 Å². The van der Waals surface area contributed by atoms with Crippen molar-refractivity contribution in [3.8, 4) is 0 Å². The van der Waals surface area contributed by atoms with Crippen molar-refractivity contribution in [2.75, 3.05) is 12.9 Å². The highest BCUT2D eigenvalue weighted by molar-refractivity contribution is 7.99. The third-order valence-corrected chi connectivity index (χ3v) is 3.31. The zero-order valence-corrected chi connectivity index (χ0v) is 11.8. The summed E-state index contributed by atoms with van der Waals surface area (Å²) in [6.07, 6.45) is 1.43. The molecule has 0 radical (unpaired) electrons. The summed E-state index contributed by atoms with van der Waals surface area (Å²) in [6.45, 7) is 1.25. The molecule has 1 rings (SSSR count). The number of nitrogens with one attached hydrogen (secondary N) is 1. The van der Waals surface area contributed by atoms with Crippen LogP contribution in [-0.4, -0.2) is 46.8 Å². The Balaban J connectivity index is 2.70. The van der Waals surface area contributed by atoms with E-state index in [0.29, 0.717) is 4.90 Å². The van der Waals surface area contributed by atoms with Gasteiger partial charge in [-0.25, -0.2) is 14.6 Å². The molecule has 108 valence electrons. The van der Waals surface area contributed by atoms with Gasteiger partial charge in [-0.1, -0.05) is 0 Å². The van der Waals surface area contributed by atoms with E-state index >= 15 is 0 Å². The van der Waals surface area contributed by atoms with Gasteiger partial charge in [0, 0.05) is 23.8 Å². The Bertz CT molecular complexity index is 520. The molecule has 1 atom stereocenters. The molecule has 8 heteroatoms. The third kappa shape index (κ3) is 4.88. The first-order chi connectivity index (χ1) is 9.43. The van der Waals surface area contributed by atoms with Gasteiger partial charge in [0.15, 0.2) is 0 Å². The number of aromatic nitrogens is 1. The maximum Gasteiger partial charge on any atom is 0.356 e. The van der Waals surface area contributed by atoms with E-state index in [-0.39, 0.29) is 11.4 Å². The van der Waals surface area contributed by atoms with E-state index < -0.39 is 23.9 Å². The van der Waals surface area contributed by atoms with E-state index in [1.807, 2.05) is 0 Å². The smallest absolute Gasteiger partial charge is 0.356 e. The molecule has 0 bridgehead atoms. The van der Waals surface area contributed by atoms with Gasteiger partial charge in [-0.15, -0.1) is 11.8 Å². The molecule has 0 fully saturated rings. The van der Waals surface area contributed by atoms with Crippen LogP contribution in [0.15, 0.2) is 23.2 Å². The van der Waals surface area contributed by atoms with Crippen LogP contribution >= 0.6 is 11.8 Å². The molecule has 0 aliphatic rings. The molecule has 0 spiro atoms.